The molecule has 1 aromatic carbocycles. The van der Waals surface area contributed by atoms with Crippen molar-refractivity contribution in [2.75, 3.05) is 6.61 Å². The van der Waals surface area contributed by atoms with E-state index in [0.29, 0.717) is 5.41 Å². The number of esters is 1. The van der Waals surface area contributed by atoms with Crippen molar-refractivity contribution in [3.8, 4) is 0 Å². The van der Waals surface area contributed by atoms with Gasteiger partial charge in [0.2, 0.25) is 15.6 Å². The van der Waals surface area contributed by atoms with Crippen LogP contribution in [0.4, 0.5) is 0 Å². The number of rotatable bonds is 4. The maximum absolute atomic E-state index is 11.7. The average Bonchev–Trinajstić information content (AvgIpc) is 2.30. The van der Waals surface area contributed by atoms with Gasteiger partial charge in [0.25, 0.3) is 0 Å². The molecule has 1 aromatic rings. The zero-order chi connectivity index (χ0) is 12.9. The van der Waals surface area contributed by atoms with E-state index in [0.717, 1.165) is 0 Å². The molecule has 1 rings (SSSR count). The van der Waals surface area contributed by atoms with Crippen LogP contribution >= 0.6 is 0 Å². The van der Waals surface area contributed by atoms with Crippen molar-refractivity contribution in [3.63, 3.8) is 0 Å². The molecule has 0 aliphatic carbocycles. The summed E-state index contributed by atoms with van der Waals surface area (Å²) in [6, 6.07) is 7.48. The molecule has 0 aliphatic rings. The second-order valence-corrected chi connectivity index (χ2v) is 4.88. The molecule has 0 saturated carbocycles. The Kier molecular flexibility index (Phi) is 11.3. The number of carbonyl (C=O) groups excluding carboxylic acids is 1. The molecule has 0 atom stereocenters. The van der Waals surface area contributed by atoms with Gasteiger partial charge in [0, 0.05) is 0 Å². The maximum atomic E-state index is 11.7. The molecular formula is C11H14Na2O5S. The van der Waals surface area contributed by atoms with E-state index < -0.39 is 21.6 Å². The first kappa shape index (κ1) is 21.5. The van der Waals surface area contributed by atoms with Crippen LogP contribution < -0.4 is 0 Å². The zero-order valence-corrected chi connectivity index (χ0v) is 9.98. The number of ether oxygens (including phenoxy) is 1. The third-order valence-electron chi connectivity index (χ3n) is 1.82. The average molecular weight is 304 g/mol. The molecule has 0 fully saturated rings. The third kappa shape index (κ3) is 6.94. The van der Waals surface area contributed by atoms with Gasteiger partial charge in [-0.15, -0.1) is 0 Å². The standard InChI is InChI=1S/C11H12O5S.2Na.2H/c1-2-16-11(13)10(12)8-17(14,15)9-6-4-3-5-7-9;;;;/h3-8,12H,2H2,1H3;;;;. The Morgan fingerprint density at radius 1 is 1.26 bits per heavy atom. The molecule has 8 heteroatoms. The van der Waals surface area contributed by atoms with Gasteiger partial charge in [0.1, 0.15) is 0 Å². The fraction of sp³-hybridized carbons (Fsp3) is 0.182. The number of sulfone groups is 1. The number of aliphatic hydroxyl groups is 1. The van der Waals surface area contributed by atoms with Crippen LogP contribution in [0.1, 0.15) is 6.92 Å². The van der Waals surface area contributed by atoms with Crippen LogP contribution in [0.15, 0.2) is 46.4 Å². The van der Waals surface area contributed by atoms with Crippen molar-refractivity contribution < 1.29 is 23.1 Å². The van der Waals surface area contributed by atoms with Crippen molar-refractivity contribution in [2.24, 2.45) is 0 Å². The van der Waals surface area contributed by atoms with Gasteiger partial charge in [0.15, 0.2) is 0 Å². The van der Waals surface area contributed by atoms with E-state index in [2.05, 4.69) is 4.74 Å². The number of aliphatic hydroxyl groups excluding tert-OH is 1. The van der Waals surface area contributed by atoms with Crippen LogP contribution in [0, 0.1) is 0 Å². The van der Waals surface area contributed by atoms with Crippen molar-refractivity contribution in [3.05, 3.63) is 41.5 Å². The fourth-order valence-corrected chi connectivity index (χ4v) is 2.14. The second kappa shape index (κ2) is 9.99. The van der Waals surface area contributed by atoms with Gasteiger partial charge in [-0.3, -0.25) is 0 Å². The summed E-state index contributed by atoms with van der Waals surface area (Å²) in [7, 11) is -3.84. The normalized spacial score (nSPS) is 10.9. The predicted octanol–water partition coefficient (Wildman–Crippen LogP) is 0.126. The molecule has 5 nitrogen and oxygen atoms in total. The van der Waals surface area contributed by atoms with E-state index in [1.54, 1.807) is 25.1 Å². The molecule has 0 aliphatic heterocycles. The van der Waals surface area contributed by atoms with Gasteiger partial charge in [-0.25, -0.2) is 13.2 Å². The molecule has 0 radical (unpaired) electrons. The molecular weight excluding hydrogens is 290 g/mol. The van der Waals surface area contributed by atoms with Crippen molar-refractivity contribution >= 4 is 74.9 Å². The molecule has 0 saturated heterocycles. The summed E-state index contributed by atoms with van der Waals surface area (Å²) in [4.78, 5) is 11.0. The molecule has 0 amide bonds. The molecule has 0 heterocycles. The van der Waals surface area contributed by atoms with Crippen LogP contribution in [0.25, 0.3) is 0 Å². The van der Waals surface area contributed by atoms with E-state index in [9.17, 15) is 18.3 Å². The first-order valence-corrected chi connectivity index (χ1v) is 6.40. The van der Waals surface area contributed by atoms with Crippen LogP contribution in [0.5, 0.6) is 0 Å². The summed E-state index contributed by atoms with van der Waals surface area (Å²) in [6.07, 6.45) is 0. The van der Waals surface area contributed by atoms with E-state index >= 15 is 0 Å². The third-order valence-corrected chi connectivity index (χ3v) is 3.29. The van der Waals surface area contributed by atoms with Crippen LogP contribution in [-0.4, -0.2) is 85.2 Å². The van der Waals surface area contributed by atoms with Gasteiger partial charge in [-0.2, -0.15) is 0 Å². The van der Waals surface area contributed by atoms with Gasteiger partial charge in [-0.1, -0.05) is 18.2 Å². The number of benzene rings is 1. The topological polar surface area (TPSA) is 80.7 Å². The summed E-state index contributed by atoms with van der Waals surface area (Å²) in [5, 5.41) is 9.74. The summed E-state index contributed by atoms with van der Waals surface area (Å²) < 4.78 is 27.9. The molecule has 1 N–H and O–H groups in total. The van der Waals surface area contributed by atoms with Gasteiger partial charge in [-0.05, 0) is 19.1 Å². The fourth-order valence-electron chi connectivity index (χ4n) is 1.08. The Morgan fingerprint density at radius 3 is 2.26 bits per heavy atom. The Hall–Kier alpha value is 0.180. The Bertz CT molecular complexity index is 525. The SMILES string of the molecule is CCOC(=O)C(O)=CS(=O)(=O)c1ccccc1.[NaH].[NaH]. The van der Waals surface area contributed by atoms with Crippen molar-refractivity contribution in [1.29, 1.82) is 0 Å². The summed E-state index contributed by atoms with van der Waals surface area (Å²) in [6.45, 7) is 1.61. The summed E-state index contributed by atoms with van der Waals surface area (Å²) in [5.41, 5.74) is 0. The molecule has 0 aromatic heterocycles. The van der Waals surface area contributed by atoms with Gasteiger partial charge < -0.3 is 9.84 Å². The minimum atomic E-state index is -3.84. The van der Waals surface area contributed by atoms with Crippen LogP contribution in [0.2, 0.25) is 0 Å². The van der Waals surface area contributed by atoms with Crippen LogP contribution in [-0.2, 0) is 19.4 Å². The monoisotopic (exact) mass is 304 g/mol. The van der Waals surface area contributed by atoms with E-state index in [4.69, 9.17) is 0 Å². The molecule has 19 heavy (non-hydrogen) atoms. The molecule has 0 unspecified atom stereocenters. The molecule has 96 valence electrons. The van der Waals surface area contributed by atoms with Gasteiger partial charge >= 0.3 is 65.1 Å². The van der Waals surface area contributed by atoms with E-state index in [-0.39, 0.29) is 70.6 Å². The second-order valence-electron chi connectivity index (χ2n) is 3.08. The van der Waals surface area contributed by atoms with Crippen molar-refractivity contribution in [2.45, 2.75) is 11.8 Å². The van der Waals surface area contributed by atoms with Crippen molar-refractivity contribution in [1.82, 2.24) is 0 Å². The van der Waals surface area contributed by atoms with E-state index in [1.807, 2.05) is 0 Å². The summed E-state index contributed by atoms with van der Waals surface area (Å²) in [5.74, 6) is -2.00. The Morgan fingerprint density at radius 2 is 1.79 bits per heavy atom. The first-order valence-electron chi connectivity index (χ1n) is 4.85. The Balaban J connectivity index is 0. The predicted molar refractivity (Wildman–Crippen MR) is 75.3 cm³/mol. The molecule has 0 bridgehead atoms. The number of hydrogen-bond donors (Lipinski definition) is 1. The zero-order valence-electron chi connectivity index (χ0n) is 9.16. The minimum absolute atomic E-state index is 0. The summed E-state index contributed by atoms with van der Waals surface area (Å²) >= 11 is 0. The number of carbonyl (C=O) groups is 1. The molecule has 0 spiro atoms. The van der Waals surface area contributed by atoms with E-state index in [1.165, 1.54) is 12.1 Å². The quantitative estimate of drug-likeness (QED) is 0.370. The number of hydrogen-bond acceptors (Lipinski definition) is 5. The Labute approximate surface area is 156 Å². The van der Waals surface area contributed by atoms with Crippen LogP contribution in [0.3, 0.4) is 0 Å². The first-order chi connectivity index (χ1) is 7.97. The van der Waals surface area contributed by atoms with Gasteiger partial charge in [0.05, 0.1) is 16.9 Å².